The molecule has 0 spiro atoms. The summed E-state index contributed by atoms with van der Waals surface area (Å²) in [5.41, 5.74) is 8.16. The molecule has 8 heteroatoms. The number of aromatic nitrogens is 1. The van der Waals surface area contributed by atoms with E-state index in [0.717, 1.165) is 16.5 Å². The van der Waals surface area contributed by atoms with Gasteiger partial charge in [-0.15, -0.1) is 0 Å². The second kappa shape index (κ2) is 10.2. The van der Waals surface area contributed by atoms with Crippen molar-refractivity contribution in [2.45, 2.75) is 19.1 Å². The highest BCUT2D eigenvalue weighted by atomic mass is 35.5. The predicted molar refractivity (Wildman–Crippen MR) is 130 cm³/mol. The zero-order valence-corrected chi connectivity index (χ0v) is 18.8. The number of nitrogens with one attached hydrogen (secondary N) is 1. The van der Waals surface area contributed by atoms with Gasteiger partial charge in [0.2, 0.25) is 5.91 Å². The number of carbonyl (C=O) groups excluding carboxylic acids is 2. The Kier molecular flexibility index (Phi) is 6.94. The second-order valence-electron chi connectivity index (χ2n) is 7.73. The molecule has 1 aromatic heterocycles. The van der Waals surface area contributed by atoms with Crippen molar-refractivity contribution in [3.8, 4) is 11.5 Å². The van der Waals surface area contributed by atoms with Crippen LogP contribution in [0.2, 0.25) is 5.02 Å². The summed E-state index contributed by atoms with van der Waals surface area (Å²) in [4.78, 5) is 28.9. The first-order chi connectivity index (χ1) is 16.4. The summed E-state index contributed by atoms with van der Waals surface area (Å²) in [5, 5.41) is 13.5. The molecule has 0 radical (unpaired) electrons. The number of fused-ring (bicyclic) bond motifs is 1. The summed E-state index contributed by atoms with van der Waals surface area (Å²) in [6.45, 7) is 0.278. The summed E-state index contributed by atoms with van der Waals surface area (Å²) in [6.07, 6.45) is 1.90. The number of primary amides is 1. The molecule has 0 aliphatic rings. The number of ether oxygens (including phenoxy) is 1. The minimum Gasteiger partial charge on any atom is -0.508 e. The van der Waals surface area contributed by atoms with E-state index in [9.17, 15) is 14.7 Å². The van der Waals surface area contributed by atoms with Crippen molar-refractivity contribution in [1.29, 1.82) is 0 Å². The maximum atomic E-state index is 12.7. The van der Waals surface area contributed by atoms with Crippen LogP contribution < -0.4 is 15.8 Å². The van der Waals surface area contributed by atoms with Gasteiger partial charge in [-0.05, 0) is 59.7 Å². The van der Waals surface area contributed by atoms with Crippen LogP contribution in [0.1, 0.15) is 21.5 Å². The van der Waals surface area contributed by atoms with E-state index in [1.54, 1.807) is 54.7 Å². The number of nitrogens with two attached hydrogens (primary N) is 1. The third-order valence-corrected chi connectivity index (χ3v) is 5.64. The fourth-order valence-electron chi connectivity index (χ4n) is 3.47. The van der Waals surface area contributed by atoms with Crippen molar-refractivity contribution < 1.29 is 19.4 Å². The number of phenolic OH excluding ortho intramolecular Hbond substituents is 1. The lowest BCUT2D eigenvalue weighted by Gasteiger charge is -2.16. The lowest BCUT2D eigenvalue weighted by atomic mass is 10.0. The molecule has 0 aliphatic carbocycles. The normalized spacial score (nSPS) is 11.7. The highest BCUT2D eigenvalue weighted by Crippen LogP contribution is 2.30. The molecule has 7 nitrogen and oxygen atoms in total. The Labute approximate surface area is 201 Å². The molecule has 34 heavy (non-hydrogen) atoms. The fourth-order valence-corrected chi connectivity index (χ4v) is 3.69. The predicted octanol–water partition coefficient (Wildman–Crippen LogP) is 4.00. The van der Waals surface area contributed by atoms with Gasteiger partial charge in [-0.1, -0.05) is 35.9 Å². The van der Waals surface area contributed by atoms with Gasteiger partial charge in [0.25, 0.3) is 5.91 Å². The molecule has 1 unspecified atom stereocenters. The lowest BCUT2D eigenvalue weighted by molar-refractivity contribution is -0.119. The van der Waals surface area contributed by atoms with Gasteiger partial charge < -0.3 is 20.9 Å². The van der Waals surface area contributed by atoms with E-state index in [0.29, 0.717) is 21.9 Å². The van der Waals surface area contributed by atoms with Gasteiger partial charge in [0, 0.05) is 23.6 Å². The molecular weight excluding hydrogens is 454 g/mol. The van der Waals surface area contributed by atoms with Crippen molar-refractivity contribution in [2.75, 3.05) is 0 Å². The average Bonchev–Trinajstić information content (AvgIpc) is 2.85. The molecule has 0 fully saturated rings. The second-order valence-corrected chi connectivity index (χ2v) is 8.14. The summed E-state index contributed by atoms with van der Waals surface area (Å²) in [5.74, 6) is -0.327. The van der Waals surface area contributed by atoms with Gasteiger partial charge in [-0.25, -0.2) is 0 Å². The molecule has 2 amide bonds. The molecule has 0 bridgehead atoms. The molecule has 1 atom stereocenters. The van der Waals surface area contributed by atoms with Gasteiger partial charge in [-0.3, -0.25) is 14.6 Å². The zero-order valence-electron chi connectivity index (χ0n) is 18.1. The summed E-state index contributed by atoms with van der Waals surface area (Å²) >= 11 is 6.23. The first-order valence-corrected chi connectivity index (χ1v) is 10.9. The monoisotopic (exact) mass is 475 g/mol. The number of hydrogen-bond donors (Lipinski definition) is 3. The van der Waals surface area contributed by atoms with E-state index in [-0.39, 0.29) is 18.8 Å². The van der Waals surface area contributed by atoms with Crippen LogP contribution in [0.25, 0.3) is 10.9 Å². The maximum Gasteiger partial charge on any atom is 0.251 e. The number of amides is 2. The van der Waals surface area contributed by atoms with E-state index in [1.807, 2.05) is 12.1 Å². The summed E-state index contributed by atoms with van der Waals surface area (Å²) < 4.78 is 5.93. The van der Waals surface area contributed by atoms with Crippen LogP contribution in [0.5, 0.6) is 11.5 Å². The van der Waals surface area contributed by atoms with Crippen molar-refractivity contribution >= 4 is 34.3 Å². The molecule has 1 heterocycles. The van der Waals surface area contributed by atoms with Crippen LogP contribution in [-0.2, 0) is 17.8 Å². The molecule has 4 aromatic rings. The topological polar surface area (TPSA) is 115 Å². The van der Waals surface area contributed by atoms with Crippen molar-refractivity contribution in [3.05, 3.63) is 101 Å². The van der Waals surface area contributed by atoms with E-state index in [4.69, 9.17) is 22.1 Å². The number of phenols is 1. The maximum absolute atomic E-state index is 12.7. The van der Waals surface area contributed by atoms with E-state index in [2.05, 4.69) is 10.3 Å². The zero-order chi connectivity index (χ0) is 24.1. The Morgan fingerprint density at radius 1 is 1.00 bits per heavy atom. The fraction of sp³-hybridized carbons (Fsp3) is 0.115. The number of nitrogens with zero attached hydrogens (tertiary/aromatic N) is 1. The molecular formula is C26H22ClN3O4. The van der Waals surface area contributed by atoms with Crippen LogP contribution in [0.4, 0.5) is 0 Å². The van der Waals surface area contributed by atoms with Gasteiger partial charge in [0.15, 0.2) is 0 Å². The Hall–Kier alpha value is -4.10. The highest BCUT2D eigenvalue weighted by molar-refractivity contribution is 6.35. The largest absolute Gasteiger partial charge is 0.508 e. The Morgan fingerprint density at radius 3 is 2.41 bits per heavy atom. The minimum absolute atomic E-state index is 0.119. The van der Waals surface area contributed by atoms with Gasteiger partial charge >= 0.3 is 0 Å². The van der Waals surface area contributed by atoms with Crippen LogP contribution in [0, 0.1) is 0 Å². The molecule has 0 saturated heterocycles. The lowest BCUT2D eigenvalue weighted by Crippen LogP contribution is -2.45. The van der Waals surface area contributed by atoms with Crippen molar-refractivity contribution in [3.63, 3.8) is 0 Å². The first kappa shape index (κ1) is 23.1. The number of pyridine rings is 1. The highest BCUT2D eigenvalue weighted by Gasteiger charge is 2.19. The number of benzene rings is 3. The average molecular weight is 476 g/mol. The van der Waals surface area contributed by atoms with Gasteiger partial charge in [0.05, 0.1) is 5.02 Å². The van der Waals surface area contributed by atoms with E-state index < -0.39 is 17.9 Å². The Morgan fingerprint density at radius 2 is 1.71 bits per heavy atom. The van der Waals surface area contributed by atoms with E-state index >= 15 is 0 Å². The standard InChI is InChI=1S/C26H22ClN3O4/c27-21-11-12-23(24-20(21)2-1-13-29-24)34-15-17-3-7-18(8-4-17)26(33)30-22(25(28)32)14-16-5-9-19(31)10-6-16/h1-13,22,31H,14-15H2,(H2,28,32)(H,30,33). The van der Waals surface area contributed by atoms with Crippen LogP contribution in [0.15, 0.2) is 79.0 Å². The van der Waals surface area contributed by atoms with Crippen molar-refractivity contribution in [1.82, 2.24) is 10.3 Å². The van der Waals surface area contributed by atoms with Crippen LogP contribution in [-0.4, -0.2) is 27.9 Å². The summed E-state index contributed by atoms with van der Waals surface area (Å²) in [7, 11) is 0. The number of carbonyl (C=O) groups is 2. The van der Waals surface area contributed by atoms with E-state index in [1.165, 1.54) is 12.1 Å². The molecule has 4 rings (SSSR count). The van der Waals surface area contributed by atoms with Crippen LogP contribution in [0.3, 0.4) is 0 Å². The quantitative estimate of drug-likeness (QED) is 0.356. The SMILES string of the molecule is NC(=O)C(Cc1ccc(O)cc1)NC(=O)c1ccc(COc2ccc(Cl)c3cccnc23)cc1. The smallest absolute Gasteiger partial charge is 0.251 e. The minimum atomic E-state index is -0.884. The Balaban J connectivity index is 1.40. The number of rotatable bonds is 8. The molecule has 0 saturated carbocycles. The van der Waals surface area contributed by atoms with Gasteiger partial charge in [0.1, 0.15) is 29.7 Å². The van der Waals surface area contributed by atoms with Gasteiger partial charge in [-0.2, -0.15) is 0 Å². The molecule has 0 aliphatic heterocycles. The Bertz CT molecular complexity index is 1320. The third kappa shape index (κ3) is 5.44. The molecule has 172 valence electrons. The summed E-state index contributed by atoms with van der Waals surface area (Å²) in [6, 6.07) is 19.6. The first-order valence-electron chi connectivity index (χ1n) is 10.5. The molecule has 3 aromatic carbocycles. The number of hydrogen-bond acceptors (Lipinski definition) is 5. The van der Waals surface area contributed by atoms with Crippen molar-refractivity contribution in [2.24, 2.45) is 5.73 Å². The third-order valence-electron chi connectivity index (χ3n) is 5.31. The number of aromatic hydroxyl groups is 1. The van der Waals surface area contributed by atoms with Crippen LogP contribution >= 0.6 is 11.6 Å². The number of halogens is 1. The molecule has 4 N–H and O–H groups in total.